The number of ether oxygens (including phenoxy) is 1. The summed E-state index contributed by atoms with van der Waals surface area (Å²) in [5.41, 5.74) is 0. The molecule has 1 fully saturated rings. The highest BCUT2D eigenvalue weighted by Crippen LogP contribution is 2.32. The van der Waals surface area contributed by atoms with Crippen LogP contribution >= 0.6 is 0 Å². The summed E-state index contributed by atoms with van der Waals surface area (Å²) in [6.45, 7) is 7.00. The fourth-order valence-electron chi connectivity index (χ4n) is 2.33. The second-order valence-electron chi connectivity index (χ2n) is 4.75. The van der Waals surface area contributed by atoms with Gasteiger partial charge in [0.25, 0.3) is 0 Å². The van der Waals surface area contributed by atoms with Crippen molar-refractivity contribution in [1.82, 2.24) is 14.9 Å². The summed E-state index contributed by atoms with van der Waals surface area (Å²) in [5.74, 6) is 2.41. The Bertz CT molecular complexity index is 412. The molecule has 6 nitrogen and oxygen atoms in total. The first-order chi connectivity index (χ1) is 9.26. The van der Waals surface area contributed by atoms with E-state index < -0.39 is 0 Å². The molecular weight excluding hydrogens is 242 g/mol. The van der Waals surface area contributed by atoms with E-state index in [2.05, 4.69) is 32.1 Å². The van der Waals surface area contributed by atoms with E-state index >= 15 is 0 Å². The molecule has 0 bridgehead atoms. The molecule has 106 valence electrons. The van der Waals surface area contributed by atoms with Gasteiger partial charge in [-0.2, -0.15) is 0 Å². The van der Waals surface area contributed by atoms with Crippen LogP contribution in [0.15, 0.2) is 6.33 Å². The van der Waals surface area contributed by atoms with Crippen LogP contribution in [-0.4, -0.2) is 61.7 Å². The van der Waals surface area contributed by atoms with Crippen LogP contribution in [0.25, 0.3) is 0 Å². The third kappa shape index (κ3) is 3.26. The molecular formula is C13H23N5O. The van der Waals surface area contributed by atoms with Gasteiger partial charge in [0.1, 0.15) is 6.33 Å². The van der Waals surface area contributed by atoms with Crippen LogP contribution in [0, 0.1) is 0 Å². The molecule has 0 aromatic carbocycles. The van der Waals surface area contributed by atoms with Crippen molar-refractivity contribution >= 4 is 11.6 Å². The normalized spacial score (nSPS) is 17.1. The molecule has 0 amide bonds. The smallest absolute Gasteiger partial charge is 0.204 e. The first-order valence-corrected chi connectivity index (χ1v) is 6.82. The summed E-state index contributed by atoms with van der Waals surface area (Å²) >= 11 is 0. The lowest BCUT2D eigenvalue weighted by Crippen LogP contribution is -2.30. The predicted molar refractivity (Wildman–Crippen MR) is 77.1 cm³/mol. The molecule has 0 radical (unpaired) electrons. The SMILES string of the molecule is CCNc1ncnc(N2CCCN(C)CC2)c1OC. The van der Waals surface area contributed by atoms with Crippen LogP contribution in [0.4, 0.5) is 11.6 Å². The van der Waals surface area contributed by atoms with Crippen LogP contribution in [-0.2, 0) is 0 Å². The van der Waals surface area contributed by atoms with Crippen LogP contribution in [0.2, 0.25) is 0 Å². The summed E-state index contributed by atoms with van der Waals surface area (Å²) in [5, 5.41) is 3.22. The van der Waals surface area contributed by atoms with Gasteiger partial charge in [-0.3, -0.25) is 0 Å². The molecule has 2 heterocycles. The zero-order valence-corrected chi connectivity index (χ0v) is 12.0. The monoisotopic (exact) mass is 265 g/mol. The highest BCUT2D eigenvalue weighted by atomic mass is 16.5. The Morgan fingerprint density at radius 3 is 2.84 bits per heavy atom. The molecule has 0 aliphatic carbocycles. The van der Waals surface area contributed by atoms with Gasteiger partial charge >= 0.3 is 0 Å². The van der Waals surface area contributed by atoms with Gasteiger partial charge in [-0.25, -0.2) is 9.97 Å². The van der Waals surface area contributed by atoms with Gasteiger partial charge in [0.15, 0.2) is 11.6 Å². The van der Waals surface area contributed by atoms with Crippen molar-refractivity contribution in [1.29, 1.82) is 0 Å². The molecule has 1 aromatic heterocycles. The van der Waals surface area contributed by atoms with Crippen LogP contribution in [0.5, 0.6) is 5.75 Å². The average Bonchev–Trinajstić information content (AvgIpc) is 2.64. The topological polar surface area (TPSA) is 53.5 Å². The van der Waals surface area contributed by atoms with Crippen LogP contribution < -0.4 is 15.0 Å². The standard InChI is InChI=1S/C13H23N5O/c1-4-14-12-11(19-3)13(16-10-15-12)18-7-5-6-17(2)8-9-18/h10H,4-9H2,1-3H3,(H,14,15,16). The molecule has 2 rings (SSSR count). The Labute approximate surface area is 114 Å². The molecule has 1 aliphatic rings. The zero-order valence-electron chi connectivity index (χ0n) is 12.0. The van der Waals surface area contributed by atoms with E-state index in [1.54, 1.807) is 13.4 Å². The molecule has 1 N–H and O–H groups in total. The fourth-order valence-corrected chi connectivity index (χ4v) is 2.33. The summed E-state index contributed by atoms with van der Waals surface area (Å²) in [4.78, 5) is 13.3. The zero-order chi connectivity index (χ0) is 13.7. The van der Waals surface area contributed by atoms with Crippen molar-refractivity contribution in [2.45, 2.75) is 13.3 Å². The first-order valence-electron chi connectivity index (χ1n) is 6.82. The first kappa shape index (κ1) is 13.9. The largest absolute Gasteiger partial charge is 0.490 e. The van der Waals surface area contributed by atoms with Crippen molar-refractivity contribution in [2.75, 3.05) is 57.1 Å². The van der Waals surface area contributed by atoms with Gasteiger partial charge in [-0.15, -0.1) is 0 Å². The summed E-state index contributed by atoms with van der Waals surface area (Å²) in [6.07, 6.45) is 2.74. The maximum absolute atomic E-state index is 5.51. The van der Waals surface area contributed by atoms with Crippen molar-refractivity contribution < 1.29 is 4.74 Å². The Balaban J connectivity index is 2.25. The second-order valence-corrected chi connectivity index (χ2v) is 4.75. The minimum absolute atomic E-state index is 0.744. The molecule has 1 aliphatic heterocycles. The maximum atomic E-state index is 5.51. The van der Waals surface area contributed by atoms with Gasteiger partial charge < -0.3 is 19.9 Å². The molecule has 19 heavy (non-hydrogen) atoms. The second kappa shape index (κ2) is 6.56. The maximum Gasteiger partial charge on any atom is 0.204 e. The number of anilines is 2. The van der Waals surface area contributed by atoms with E-state index in [0.717, 1.165) is 56.5 Å². The summed E-state index contributed by atoms with van der Waals surface area (Å²) < 4.78 is 5.51. The Morgan fingerprint density at radius 1 is 1.26 bits per heavy atom. The third-order valence-electron chi connectivity index (χ3n) is 3.35. The minimum atomic E-state index is 0.744. The van der Waals surface area contributed by atoms with Crippen molar-refractivity contribution in [3.63, 3.8) is 0 Å². The highest BCUT2D eigenvalue weighted by molar-refractivity contribution is 5.64. The molecule has 1 saturated heterocycles. The highest BCUT2D eigenvalue weighted by Gasteiger charge is 2.20. The number of rotatable bonds is 4. The lowest BCUT2D eigenvalue weighted by Gasteiger charge is -2.24. The number of hydrogen-bond donors (Lipinski definition) is 1. The average molecular weight is 265 g/mol. The van der Waals surface area contributed by atoms with Crippen LogP contribution in [0.3, 0.4) is 0 Å². The van der Waals surface area contributed by atoms with Gasteiger partial charge in [0, 0.05) is 26.2 Å². The lowest BCUT2D eigenvalue weighted by molar-refractivity contribution is 0.359. The number of nitrogens with one attached hydrogen (secondary N) is 1. The molecule has 6 heteroatoms. The Morgan fingerprint density at radius 2 is 2.11 bits per heavy atom. The molecule has 0 unspecified atom stereocenters. The number of aromatic nitrogens is 2. The molecule has 0 atom stereocenters. The predicted octanol–water partition coefficient (Wildman–Crippen LogP) is 1.06. The number of methoxy groups -OCH3 is 1. The molecule has 0 spiro atoms. The summed E-state index contributed by atoms with van der Waals surface area (Å²) in [7, 11) is 3.83. The van der Waals surface area contributed by atoms with Gasteiger partial charge in [0.05, 0.1) is 7.11 Å². The van der Waals surface area contributed by atoms with E-state index in [4.69, 9.17) is 4.74 Å². The third-order valence-corrected chi connectivity index (χ3v) is 3.35. The molecule has 0 saturated carbocycles. The fraction of sp³-hybridized carbons (Fsp3) is 0.692. The van der Waals surface area contributed by atoms with E-state index in [1.807, 2.05) is 6.92 Å². The van der Waals surface area contributed by atoms with Gasteiger partial charge in [-0.05, 0) is 26.9 Å². The van der Waals surface area contributed by atoms with Crippen molar-refractivity contribution in [2.24, 2.45) is 0 Å². The van der Waals surface area contributed by atoms with E-state index in [0.29, 0.717) is 0 Å². The van der Waals surface area contributed by atoms with Gasteiger partial charge in [-0.1, -0.05) is 0 Å². The van der Waals surface area contributed by atoms with Gasteiger partial charge in [0.2, 0.25) is 5.75 Å². The number of likely N-dealkylation sites (N-methyl/N-ethyl adjacent to an activating group) is 1. The van der Waals surface area contributed by atoms with Crippen molar-refractivity contribution in [3.8, 4) is 5.75 Å². The molecule has 1 aromatic rings. The minimum Gasteiger partial charge on any atom is -0.490 e. The van der Waals surface area contributed by atoms with E-state index in [-0.39, 0.29) is 0 Å². The van der Waals surface area contributed by atoms with Crippen LogP contribution in [0.1, 0.15) is 13.3 Å². The summed E-state index contributed by atoms with van der Waals surface area (Å²) in [6, 6.07) is 0. The number of hydrogen-bond acceptors (Lipinski definition) is 6. The van der Waals surface area contributed by atoms with Crippen molar-refractivity contribution in [3.05, 3.63) is 6.33 Å². The quantitative estimate of drug-likeness (QED) is 0.878. The number of nitrogens with zero attached hydrogens (tertiary/aromatic N) is 4. The Hall–Kier alpha value is -1.56. The Kier molecular flexibility index (Phi) is 4.79. The van der Waals surface area contributed by atoms with E-state index in [1.165, 1.54) is 0 Å². The lowest BCUT2D eigenvalue weighted by atomic mass is 10.3. The van der Waals surface area contributed by atoms with E-state index in [9.17, 15) is 0 Å².